The summed E-state index contributed by atoms with van der Waals surface area (Å²) in [5, 5.41) is 2.33. The quantitative estimate of drug-likeness (QED) is 0.655. The Labute approximate surface area is 161 Å². The van der Waals surface area contributed by atoms with E-state index in [-0.39, 0.29) is 11.3 Å². The Balaban J connectivity index is 3.20. The van der Waals surface area contributed by atoms with E-state index in [4.69, 9.17) is 4.74 Å². The van der Waals surface area contributed by atoms with E-state index in [2.05, 4.69) is 10.0 Å². The van der Waals surface area contributed by atoms with Gasteiger partial charge in [-0.2, -0.15) is 0 Å². The molecule has 1 aromatic carbocycles. The molecule has 2 atom stereocenters. The van der Waals surface area contributed by atoms with E-state index in [1.807, 2.05) is 0 Å². The van der Waals surface area contributed by atoms with E-state index in [0.29, 0.717) is 0 Å². The Morgan fingerprint density at radius 3 is 2.11 bits per heavy atom. The number of halogens is 3. The summed E-state index contributed by atoms with van der Waals surface area (Å²) in [6.07, 6.45) is -3.93. The van der Waals surface area contributed by atoms with Crippen molar-refractivity contribution in [3.8, 4) is 0 Å². The van der Waals surface area contributed by atoms with Crippen molar-refractivity contribution in [2.75, 3.05) is 5.32 Å². The zero-order valence-corrected chi connectivity index (χ0v) is 17.4. The fourth-order valence-electron chi connectivity index (χ4n) is 2.04. The minimum Gasteiger partial charge on any atom is -0.598 e. The molecular weight excluding hydrogens is 381 g/mol. The molecule has 5 nitrogen and oxygen atoms in total. The molecule has 27 heavy (non-hydrogen) atoms. The van der Waals surface area contributed by atoms with E-state index in [9.17, 15) is 22.5 Å². The lowest BCUT2D eigenvalue weighted by Crippen LogP contribution is -2.40. The summed E-state index contributed by atoms with van der Waals surface area (Å²) in [5.41, 5.74) is -1.80. The summed E-state index contributed by atoms with van der Waals surface area (Å²) >= 11 is -1.54. The van der Waals surface area contributed by atoms with Crippen molar-refractivity contribution in [3.63, 3.8) is 0 Å². The SMILES string of the molecule is C[C@@H](N[S@+]([O-])C(C)(C)C)c1cc(NC(=O)OC(C)(C)C)cc(C(F)F)c1F. The van der Waals surface area contributed by atoms with Gasteiger partial charge in [0.25, 0.3) is 6.43 Å². The monoisotopic (exact) mass is 408 g/mol. The summed E-state index contributed by atoms with van der Waals surface area (Å²) in [5.74, 6) is -1.11. The number of hydrogen-bond donors (Lipinski definition) is 2. The van der Waals surface area contributed by atoms with Crippen LogP contribution in [0, 0.1) is 5.82 Å². The van der Waals surface area contributed by atoms with Crippen LogP contribution in [-0.4, -0.2) is 21.0 Å². The van der Waals surface area contributed by atoms with Gasteiger partial charge in [-0.15, -0.1) is 4.72 Å². The summed E-state index contributed by atoms with van der Waals surface area (Å²) in [7, 11) is 0. The van der Waals surface area contributed by atoms with Gasteiger partial charge in [-0.1, -0.05) is 0 Å². The zero-order valence-electron chi connectivity index (χ0n) is 16.6. The van der Waals surface area contributed by atoms with E-state index < -0.39 is 51.7 Å². The topological polar surface area (TPSA) is 73.4 Å². The predicted molar refractivity (Wildman–Crippen MR) is 101 cm³/mol. The molecule has 0 saturated heterocycles. The van der Waals surface area contributed by atoms with E-state index in [0.717, 1.165) is 6.07 Å². The van der Waals surface area contributed by atoms with Crippen LogP contribution in [0.25, 0.3) is 0 Å². The molecule has 0 spiro atoms. The summed E-state index contributed by atoms with van der Waals surface area (Å²) in [6, 6.07) is 1.26. The maximum atomic E-state index is 14.5. The standard InChI is InChI=1S/C18H27F3N2O3S/c1-10(23-27(25)18(5,6)7)12-8-11(9-13(14(12)19)15(20)21)22-16(24)26-17(2,3)4/h8-10,15,23H,1-7H3,(H,22,24)/t10-,27-/m1/s1. The van der Waals surface area contributed by atoms with Crippen LogP contribution in [0.15, 0.2) is 12.1 Å². The highest BCUT2D eigenvalue weighted by molar-refractivity contribution is 7.90. The molecule has 0 aliphatic rings. The summed E-state index contributed by atoms with van der Waals surface area (Å²) < 4.78 is 60.4. The van der Waals surface area contributed by atoms with Gasteiger partial charge in [0, 0.05) is 22.6 Å². The molecule has 0 fully saturated rings. The molecule has 1 amide bonds. The number of carbonyl (C=O) groups is 1. The molecule has 1 aromatic rings. The fraction of sp³-hybridized carbons (Fsp3) is 0.611. The van der Waals surface area contributed by atoms with Crippen LogP contribution < -0.4 is 10.0 Å². The molecule has 9 heteroatoms. The number of carbonyl (C=O) groups excluding carboxylic acids is 1. The molecule has 2 N–H and O–H groups in total. The van der Waals surface area contributed by atoms with Gasteiger partial charge in [-0.05, 0) is 60.6 Å². The zero-order chi connectivity index (χ0) is 21.2. The van der Waals surface area contributed by atoms with Gasteiger partial charge in [-0.3, -0.25) is 5.32 Å². The summed E-state index contributed by atoms with van der Waals surface area (Å²) in [4.78, 5) is 11.9. The lowest BCUT2D eigenvalue weighted by atomic mass is 10.0. The lowest BCUT2D eigenvalue weighted by Gasteiger charge is -2.27. The third-order valence-electron chi connectivity index (χ3n) is 3.32. The van der Waals surface area contributed by atoms with Crippen LogP contribution in [0.3, 0.4) is 0 Å². The number of ether oxygens (including phenoxy) is 1. The molecular formula is C18H27F3N2O3S. The smallest absolute Gasteiger partial charge is 0.412 e. The minimum absolute atomic E-state index is 0.0360. The van der Waals surface area contributed by atoms with E-state index >= 15 is 0 Å². The highest BCUT2D eigenvalue weighted by Crippen LogP contribution is 2.32. The van der Waals surface area contributed by atoms with E-state index in [1.165, 1.54) is 13.0 Å². The van der Waals surface area contributed by atoms with Gasteiger partial charge in [0.1, 0.15) is 16.2 Å². The first-order valence-electron chi connectivity index (χ1n) is 8.41. The van der Waals surface area contributed by atoms with Crippen LogP contribution in [-0.2, 0) is 16.1 Å². The second-order valence-corrected chi connectivity index (χ2v) is 10.1. The van der Waals surface area contributed by atoms with Crippen LogP contribution in [0.4, 0.5) is 23.7 Å². The molecule has 0 heterocycles. The molecule has 154 valence electrons. The Kier molecular flexibility index (Phi) is 7.60. The number of nitrogens with one attached hydrogen (secondary N) is 2. The minimum atomic E-state index is -3.08. The highest BCUT2D eigenvalue weighted by Gasteiger charge is 2.30. The van der Waals surface area contributed by atoms with Crippen molar-refractivity contribution in [3.05, 3.63) is 29.1 Å². The molecule has 0 aliphatic carbocycles. The van der Waals surface area contributed by atoms with E-state index in [1.54, 1.807) is 41.5 Å². The number of amides is 1. The number of benzene rings is 1. The third kappa shape index (κ3) is 7.23. The van der Waals surface area contributed by atoms with Crippen molar-refractivity contribution in [1.82, 2.24) is 4.72 Å². The molecule has 0 unspecified atom stereocenters. The van der Waals surface area contributed by atoms with Gasteiger partial charge in [0.15, 0.2) is 0 Å². The van der Waals surface area contributed by atoms with Crippen LogP contribution in [0.2, 0.25) is 0 Å². The number of alkyl halides is 2. The van der Waals surface area contributed by atoms with Crippen LogP contribution in [0.5, 0.6) is 0 Å². The average molecular weight is 408 g/mol. The van der Waals surface area contributed by atoms with Gasteiger partial charge in [0.2, 0.25) is 0 Å². The normalized spacial score (nSPS) is 14.8. The number of hydrogen-bond acceptors (Lipinski definition) is 4. The highest BCUT2D eigenvalue weighted by atomic mass is 32.2. The second-order valence-electron chi connectivity index (χ2n) is 8.12. The maximum absolute atomic E-state index is 14.5. The molecule has 0 bridgehead atoms. The largest absolute Gasteiger partial charge is 0.598 e. The van der Waals surface area contributed by atoms with Crippen molar-refractivity contribution in [2.45, 2.75) is 71.3 Å². The van der Waals surface area contributed by atoms with Crippen molar-refractivity contribution in [1.29, 1.82) is 0 Å². The number of anilines is 1. The molecule has 0 aromatic heterocycles. The first kappa shape index (κ1) is 23.6. The van der Waals surface area contributed by atoms with Crippen LogP contribution >= 0.6 is 0 Å². The van der Waals surface area contributed by atoms with Crippen molar-refractivity contribution in [2.24, 2.45) is 0 Å². The Morgan fingerprint density at radius 2 is 1.67 bits per heavy atom. The van der Waals surface area contributed by atoms with Gasteiger partial charge < -0.3 is 9.29 Å². The first-order chi connectivity index (χ1) is 12.1. The molecule has 0 saturated carbocycles. The summed E-state index contributed by atoms with van der Waals surface area (Å²) in [6.45, 7) is 11.6. The Hall–Kier alpha value is -1.45. The van der Waals surface area contributed by atoms with Gasteiger partial charge in [-0.25, -0.2) is 18.0 Å². The first-order valence-corrected chi connectivity index (χ1v) is 9.56. The predicted octanol–water partition coefficient (Wildman–Crippen LogP) is 5.22. The fourth-order valence-corrected chi connectivity index (χ4v) is 2.84. The van der Waals surface area contributed by atoms with Crippen LogP contribution in [0.1, 0.15) is 72.1 Å². The van der Waals surface area contributed by atoms with Crippen molar-refractivity contribution < 1.29 is 27.3 Å². The Morgan fingerprint density at radius 1 is 1.15 bits per heavy atom. The Bertz CT molecular complexity index is 673. The number of rotatable bonds is 5. The second kappa shape index (κ2) is 8.70. The molecule has 1 rings (SSSR count). The maximum Gasteiger partial charge on any atom is 0.412 e. The average Bonchev–Trinajstić information content (AvgIpc) is 2.45. The van der Waals surface area contributed by atoms with Crippen molar-refractivity contribution >= 4 is 23.1 Å². The molecule has 0 radical (unpaired) electrons. The lowest BCUT2D eigenvalue weighted by molar-refractivity contribution is 0.0635. The molecule has 0 aliphatic heterocycles. The van der Waals surface area contributed by atoms with Gasteiger partial charge >= 0.3 is 6.09 Å². The van der Waals surface area contributed by atoms with Gasteiger partial charge in [0.05, 0.1) is 11.6 Å². The third-order valence-corrected chi connectivity index (χ3v) is 5.00.